The minimum absolute atomic E-state index is 0.427. The van der Waals surface area contributed by atoms with Gasteiger partial charge in [0.15, 0.2) is 0 Å². The van der Waals surface area contributed by atoms with E-state index in [0.717, 1.165) is 37.2 Å². The molecule has 1 aromatic heterocycles. The summed E-state index contributed by atoms with van der Waals surface area (Å²) in [5.74, 6) is 2.95. The molecule has 1 aromatic rings. The summed E-state index contributed by atoms with van der Waals surface area (Å²) in [4.78, 5) is 0. The molecule has 114 valence electrons. The fourth-order valence-corrected chi connectivity index (χ4v) is 3.11. The van der Waals surface area contributed by atoms with Crippen LogP contribution in [0.1, 0.15) is 71.1 Å². The molecule has 1 aliphatic rings. The standard InChI is InChI=1S/C16H29N3O/c1-5-17-11-10-14-18-19-15(20-14)12-6-8-13(9-7-12)16(2,3)4/h12-13,17H,5-11H2,1-4H3. The van der Waals surface area contributed by atoms with E-state index >= 15 is 0 Å². The van der Waals surface area contributed by atoms with Gasteiger partial charge < -0.3 is 9.73 Å². The second-order valence-corrected chi connectivity index (χ2v) is 7.05. The summed E-state index contributed by atoms with van der Waals surface area (Å²) >= 11 is 0. The second-order valence-electron chi connectivity index (χ2n) is 7.05. The van der Waals surface area contributed by atoms with E-state index in [9.17, 15) is 0 Å². The molecule has 2 rings (SSSR count). The van der Waals surface area contributed by atoms with Gasteiger partial charge in [0.05, 0.1) is 0 Å². The topological polar surface area (TPSA) is 51.0 Å². The summed E-state index contributed by atoms with van der Waals surface area (Å²) in [6, 6.07) is 0. The highest BCUT2D eigenvalue weighted by molar-refractivity contribution is 4.96. The van der Waals surface area contributed by atoms with E-state index in [1.54, 1.807) is 0 Å². The van der Waals surface area contributed by atoms with Crippen LogP contribution in [0.25, 0.3) is 0 Å². The van der Waals surface area contributed by atoms with E-state index < -0.39 is 0 Å². The van der Waals surface area contributed by atoms with Crippen LogP contribution in [0, 0.1) is 11.3 Å². The predicted octanol–water partition coefficient (Wildman–Crippen LogP) is 3.54. The highest BCUT2D eigenvalue weighted by Gasteiger charge is 2.32. The van der Waals surface area contributed by atoms with Crippen molar-refractivity contribution in [3.63, 3.8) is 0 Å². The second kappa shape index (κ2) is 6.70. The van der Waals surface area contributed by atoms with E-state index in [0.29, 0.717) is 11.3 Å². The lowest BCUT2D eigenvalue weighted by atomic mass is 9.70. The van der Waals surface area contributed by atoms with Gasteiger partial charge in [-0.3, -0.25) is 0 Å². The molecule has 0 aromatic carbocycles. The number of nitrogens with zero attached hydrogens (tertiary/aromatic N) is 2. The van der Waals surface area contributed by atoms with E-state index in [1.807, 2.05) is 0 Å². The van der Waals surface area contributed by atoms with Crippen molar-refractivity contribution in [2.24, 2.45) is 11.3 Å². The Labute approximate surface area is 122 Å². The van der Waals surface area contributed by atoms with Gasteiger partial charge in [0, 0.05) is 18.9 Å². The van der Waals surface area contributed by atoms with Crippen molar-refractivity contribution in [1.82, 2.24) is 15.5 Å². The first-order valence-electron chi connectivity index (χ1n) is 8.03. The summed E-state index contributed by atoms with van der Waals surface area (Å²) in [5.41, 5.74) is 0.427. The molecule has 0 unspecified atom stereocenters. The van der Waals surface area contributed by atoms with Crippen LogP contribution in [0.3, 0.4) is 0 Å². The van der Waals surface area contributed by atoms with E-state index in [4.69, 9.17) is 4.42 Å². The van der Waals surface area contributed by atoms with Crippen molar-refractivity contribution in [2.45, 2.75) is 65.7 Å². The number of aromatic nitrogens is 2. The smallest absolute Gasteiger partial charge is 0.219 e. The number of hydrogen-bond donors (Lipinski definition) is 1. The van der Waals surface area contributed by atoms with Crippen LogP contribution < -0.4 is 5.32 Å². The monoisotopic (exact) mass is 279 g/mol. The highest BCUT2D eigenvalue weighted by atomic mass is 16.4. The van der Waals surface area contributed by atoms with Crippen LogP contribution in [-0.2, 0) is 6.42 Å². The first kappa shape index (κ1) is 15.5. The molecule has 0 saturated heterocycles. The minimum Gasteiger partial charge on any atom is -0.425 e. The molecule has 1 heterocycles. The molecular formula is C16H29N3O. The Balaban J connectivity index is 1.84. The van der Waals surface area contributed by atoms with Gasteiger partial charge >= 0.3 is 0 Å². The molecule has 20 heavy (non-hydrogen) atoms. The van der Waals surface area contributed by atoms with Crippen LogP contribution >= 0.6 is 0 Å². The fraction of sp³-hybridized carbons (Fsp3) is 0.875. The lowest BCUT2D eigenvalue weighted by Gasteiger charge is -2.36. The van der Waals surface area contributed by atoms with Crippen molar-refractivity contribution in [2.75, 3.05) is 13.1 Å². The van der Waals surface area contributed by atoms with Crippen LogP contribution in [0.4, 0.5) is 0 Å². The van der Waals surface area contributed by atoms with Crippen molar-refractivity contribution < 1.29 is 4.42 Å². The summed E-state index contributed by atoms with van der Waals surface area (Å²) in [7, 11) is 0. The Morgan fingerprint density at radius 1 is 1.15 bits per heavy atom. The molecular weight excluding hydrogens is 250 g/mol. The average Bonchev–Trinajstić information content (AvgIpc) is 2.87. The molecule has 4 heteroatoms. The number of hydrogen-bond acceptors (Lipinski definition) is 4. The van der Waals surface area contributed by atoms with E-state index in [1.165, 1.54) is 25.7 Å². The van der Waals surface area contributed by atoms with E-state index in [-0.39, 0.29) is 0 Å². The summed E-state index contributed by atoms with van der Waals surface area (Å²) in [6.45, 7) is 11.1. The van der Waals surface area contributed by atoms with Gasteiger partial charge in [-0.2, -0.15) is 0 Å². The third-order valence-corrected chi connectivity index (χ3v) is 4.55. The van der Waals surface area contributed by atoms with Crippen molar-refractivity contribution >= 4 is 0 Å². The van der Waals surface area contributed by atoms with Gasteiger partial charge in [-0.1, -0.05) is 27.7 Å². The Morgan fingerprint density at radius 2 is 1.85 bits per heavy atom. The maximum atomic E-state index is 5.83. The number of likely N-dealkylation sites (N-methyl/N-ethyl adjacent to an activating group) is 1. The molecule has 0 radical (unpaired) electrons. The molecule has 0 spiro atoms. The van der Waals surface area contributed by atoms with Gasteiger partial charge in [-0.25, -0.2) is 0 Å². The third kappa shape index (κ3) is 4.05. The molecule has 0 aliphatic heterocycles. The first-order valence-corrected chi connectivity index (χ1v) is 8.03. The van der Waals surface area contributed by atoms with Crippen molar-refractivity contribution in [1.29, 1.82) is 0 Å². The Hall–Kier alpha value is -0.900. The first-order chi connectivity index (χ1) is 9.50. The van der Waals surface area contributed by atoms with Crippen LogP contribution in [0.15, 0.2) is 4.42 Å². The Bertz CT molecular complexity index is 400. The Kier molecular flexibility index (Phi) is 5.19. The summed E-state index contributed by atoms with van der Waals surface area (Å²) < 4.78 is 5.83. The maximum Gasteiger partial charge on any atom is 0.219 e. The summed E-state index contributed by atoms with van der Waals surface area (Å²) in [6.07, 6.45) is 5.78. The maximum absolute atomic E-state index is 5.83. The average molecular weight is 279 g/mol. The summed E-state index contributed by atoms with van der Waals surface area (Å²) in [5, 5.41) is 11.7. The molecule has 0 bridgehead atoms. The van der Waals surface area contributed by atoms with E-state index in [2.05, 4.69) is 43.2 Å². The van der Waals surface area contributed by atoms with Crippen LogP contribution in [-0.4, -0.2) is 23.3 Å². The van der Waals surface area contributed by atoms with Gasteiger partial charge in [-0.05, 0) is 43.6 Å². The molecule has 1 saturated carbocycles. The quantitative estimate of drug-likeness (QED) is 0.838. The van der Waals surface area contributed by atoms with Crippen LogP contribution in [0.5, 0.6) is 0 Å². The zero-order chi connectivity index (χ0) is 14.6. The van der Waals surface area contributed by atoms with Gasteiger partial charge in [-0.15, -0.1) is 10.2 Å². The Morgan fingerprint density at radius 3 is 2.45 bits per heavy atom. The van der Waals surface area contributed by atoms with Gasteiger partial charge in [0.2, 0.25) is 11.8 Å². The fourth-order valence-electron chi connectivity index (χ4n) is 3.11. The third-order valence-electron chi connectivity index (χ3n) is 4.55. The molecule has 0 atom stereocenters. The molecule has 1 N–H and O–H groups in total. The zero-order valence-electron chi connectivity index (χ0n) is 13.4. The lowest BCUT2D eigenvalue weighted by molar-refractivity contribution is 0.161. The van der Waals surface area contributed by atoms with Crippen molar-refractivity contribution in [3.8, 4) is 0 Å². The number of nitrogens with one attached hydrogen (secondary N) is 1. The SMILES string of the molecule is CCNCCc1nnc(C2CCC(C(C)(C)C)CC2)o1. The minimum atomic E-state index is 0.427. The molecule has 4 nitrogen and oxygen atoms in total. The zero-order valence-corrected chi connectivity index (χ0v) is 13.4. The van der Waals surface area contributed by atoms with Crippen LogP contribution in [0.2, 0.25) is 0 Å². The normalized spacial score (nSPS) is 24.0. The lowest BCUT2D eigenvalue weighted by Crippen LogP contribution is -2.25. The van der Waals surface area contributed by atoms with Gasteiger partial charge in [0.1, 0.15) is 0 Å². The molecule has 0 amide bonds. The molecule has 1 fully saturated rings. The van der Waals surface area contributed by atoms with Gasteiger partial charge in [0.25, 0.3) is 0 Å². The largest absolute Gasteiger partial charge is 0.425 e. The molecule has 1 aliphatic carbocycles. The predicted molar refractivity (Wildman–Crippen MR) is 80.7 cm³/mol. The highest BCUT2D eigenvalue weighted by Crippen LogP contribution is 2.42. The van der Waals surface area contributed by atoms with Crippen molar-refractivity contribution in [3.05, 3.63) is 11.8 Å². The number of rotatable bonds is 5.